The third-order valence-electron chi connectivity index (χ3n) is 5.35. The van der Waals surface area contributed by atoms with E-state index in [2.05, 4.69) is 27.2 Å². The van der Waals surface area contributed by atoms with Gasteiger partial charge in [0.05, 0.1) is 12.7 Å². The zero-order valence-corrected chi connectivity index (χ0v) is 11.0. The van der Waals surface area contributed by atoms with E-state index in [9.17, 15) is 10.2 Å². The van der Waals surface area contributed by atoms with Crippen LogP contribution in [0.3, 0.4) is 0 Å². The summed E-state index contributed by atoms with van der Waals surface area (Å²) in [7, 11) is 0. The van der Waals surface area contributed by atoms with Crippen molar-refractivity contribution in [2.24, 2.45) is 22.7 Å². The molecular weight excluding hydrogens is 212 g/mol. The van der Waals surface area contributed by atoms with Gasteiger partial charge in [-0.15, -0.1) is 0 Å². The summed E-state index contributed by atoms with van der Waals surface area (Å²) in [5.74, 6) is 0.905. The number of aliphatic hydroxyl groups is 2. The van der Waals surface area contributed by atoms with Crippen molar-refractivity contribution in [3.05, 3.63) is 17.6 Å². The molecule has 0 spiro atoms. The van der Waals surface area contributed by atoms with Crippen LogP contribution in [0.15, 0.2) is 11.1 Å². The van der Waals surface area contributed by atoms with E-state index in [-0.39, 0.29) is 12.0 Å². The minimum absolute atomic E-state index is 0.0112. The molecule has 0 saturated heterocycles. The zero-order valence-electron chi connectivity index (χ0n) is 11.0. The normalized spacial score (nSPS) is 47.5. The molecule has 0 aromatic rings. The van der Waals surface area contributed by atoms with Gasteiger partial charge in [-0.25, -0.2) is 0 Å². The third kappa shape index (κ3) is 1.40. The Bertz CT molecular complexity index is 378. The van der Waals surface area contributed by atoms with Gasteiger partial charge < -0.3 is 10.2 Å². The van der Waals surface area contributed by atoms with Gasteiger partial charge in [0.25, 0.3) is 0 Å². The zero-order chi connectivity index (χ0) is 12.4. The molecule has 2 saturated carbocycles. The van der Waals surface area contributed by atoms with Gasteiger partial charge in [-0.05, 0) is 47.5 Å². The first kappa shape index (κ1) is 11.7. The Balaban J connectivity index is 2.03. The second-order valence-electron chi connectivity index (χ2n) is 7.12. The van der Waals surface area contributed by atoms with Gasteiger partial charge in [0.2, 0.25) is 0 Å². The SMILES string of the molecule is CC1(C)C[C@H]2[C@H](O)C(CO)=C3[C]C[C@]3(C)[C@H]2C1. The standard InChI is InChI=1S/C15H22O2/c1-14(2)6-9-12(7-14)15(3)5-4-11(15)10(8-16)13(9)17/h9,12-13,16-17H,5-8H2,1-3H3/t9-,12+,13+,15+/m1/s1. The van der Waals surface area contributed by atoms with E-state index in [4.69, 9.17) is 0 Å². The first-order valence-electron chi connectivity index (χ1n) is 6.65. The minimum Gasteiger partial charge on any atom is -0.392 e. The number of hydrogen-bond acceptors (Lipinski definition) is 2. The van der Waals surface area contributed by atoms with E-state index < -0.39 is 6.10 Å². The average molecular weight is 234 g/mol. The van der Waals surface area contributed by atoms with E-state index in [1.165, 1.54) is 6.42 Å². The Morgan fingerprint density at radius 1 is 1.29 bits per heavy atom. The minimum atomic E-state index is -0.442. The monoisotopic (exact) mass is 234 g/mol. The topological polar surface area (TPSA) is 40.5 Å². The van der Waals surface area contributed by atoms with Crippen LogP contribution in [0, 0.1) is 29.1 Å². The van der Waals surface area contributed by atoms with E-state index in [1.54, 1.807) is 0 Å². The summed E-state index contributed by atoms with van der Waals surface area (Å²) in [5, 5.41) is 19.9. The first-order chi connectivity index (χ1) is 7.89. The summed E-state index contributed by atoms with van der Waals surface area (Å²) in [6.45, 7) is 6.87. The Hall–Kier alpha value is -0.340. The summed E-state index contributed by atoms with van der Waals surface area (Å²) in [4.78, 5) is 0. The molecule has 2 N–H and O–H groups in total. The lowest BCUT2D eigenvalue weighted by Crippen LogP contribution is -2.49. The van der Waals surface area contributed by atoms with Gasteiger partial charge >= 0.3 is 0 Å². The van der Waals surface area contributed by atoms with Gasteiger partial charge in [0.1, 0.15) is 0 Å². The summed E-state index contributed by atoms with van der Waals surface area (Å²) in [6, 6.07) is 0. The van der Waals surface area contributed by atoms with Crippen LogP contribution in [0.1, 0.15) is 40.0 Å². The van der Waals surface area contributed by atoms with Crippen molar-refractivity contribution in [1.82, 2.24) is 0 Å². The van der Waals surface area contributed by atoms with E-state index >= 15 is 0 Å². The van der Waals surface area contributed by atoms with Crippen LogP contribution in [0.25, 0.3) is 0 Å². The van der Waals surface area contributed by atoms with E-state index in [0.717, 1.165) is 24.0 Å². The maximum atomic E-state index is 10.4. The van der Waals surface area contributed by atoms with Crippen LogP contribution in [0.4, 0.5) is 0 Å². The predicted octanol–water partition coefficient (Wildman–Crippen LogP) is 2.19. The van der Waals surface area contributed by atoms with E-state index in [1.807, 2.05) is 0 Å². The maximum Gasteiger partial charge on any atom is 0.0806 e. The summed E-state index contributed by atoms with van der Waals surface area (Å²) >= 11 is 0. The Morgan fingerprint density at radius 3 is 2.53 bits per heavy atom. The molecule has 2 fully saturated rings. The largest absolute Gasteiger partial charge is 0.392 e. The smallest absolute Gasteiger partial charge is 0.0806 e. The Kier molecular flexibility index (Phi) is 2.32. The Labute approximate surface area is 104 Å². The lowest BCUT2D eigenvalue weighted by atomic mass is 9.51. The molecule has 3 aliphatic rings. The quantitative estimate of drug-likeness (QED) is 0.730. The highest BCUT2D eigenvalue weighted by Crippen LogP contribution is 2.65. The molecule has 0 amide bonds. The third-order valence-corrected chi connectivity index (χ3v) is 5.35. The van der Waals surface area contributed by atoms with Crippen molar-refractivity contribution in [3.63, 3.8) is 0 Å². The van der Waals surface area contributed by atoms with Crippen LogP contribution < -0.4 is 0 Å². The summed E-state index contributed by atoms with van der Waals surface area (Å²) < 4.78 is 0. The predicted molar refractivity (Wildman–Crippen MR) is 66.1 cm³/mol. The number of allylic oxidation sites excluding steroid dienone is 1. The van der Waals surface area contributed by atoms with Crippen LogP contribution >= 0.6 is 0 Å². The van der Waals surface area contributed by atoms with Gasteiger partial charge in [-0.1, -0.05) is 26.3 Å². The Morgan fingerprint density at radius 2 is 2.00 bits per heavy atom. The molecule has 94 valence electrons. The van der Waals surface area contributed by atoms with Crippen molar-refractivity contribution in [1.29, 1.82) is 0 Å². The number of hydrogen-bond donors (Lipinski definition) is 2. The molecule has 3 rings (SSSR count). The van der Waals surface area contributed by atoms with Crippen LogP contribution in [0.2, 0.25) is 0 Å². The van der Waals surface area contributed by atoms with Crippen molar-refractivity contribution in [2.45, 2.75) is 46.1 Å². The molecule has 2 nitrogen and oxygen atoms in total. The van der Waals surface area contributed by atoms with Crippen molar-refractivity contribution in [2.75, 3.05) is 6.61 Å². The molecule has 0 aromatic heterocycles. The van der Waals surface area contributed by atoms with Gasteiger partial charge in [-0.2, -0.15) is 0 Å². The van der Waals surface area contributed by atoms with Gasteiger partial charge in [-0.3, -0.25) is 0 Å². The molecule has 0 heterocycles. The lowest BCUT2D eigenvalue weighted by Gasteiger charge is -2.54. The van der Waals surface area contributed by atoms with Crippen LogP contribution in [-0.4, -0.2) is 22.9 Å². The molecule has 0 unspecified atom stereocenters. The number of fused-ring (bicyclic) bond motifs is 3. The molecule has 0 aromatic carbocycles. The van der Waals surface area contributed by atoms with Crippen molar-refractivity contribution < 1.29 is 10.2 Å². The second-order valence-corrected chi connectivity index (χ2v) is 7.12. The van der Waals surface area contributed by atoms with Gasteiger partial charge in [0.15, 0.2) is 0 Å². The first-order valence-corrected chi connectivity index (χ1v) is 6.65. The molecule has 4 atom stereocenters. The molecule has 17 heavy (non-hydrogen) atoms. The van der Waals surface area contributed by atoms with Crippen molar-refractivity contribution >= 4 is 0 Å². The van der Waals surface area contributed by atoms with Crippen LogP contribution in [0.5, 0.6) is 0 Å². The fourth-order valence-electron chi connectivity index (χ4n) is 4.47. The number of rotatable bonds is 1. The fourth-order valence-corrected chi connectivity index (χ4v) is 4.47. The van der Waals surface area contributed by atoms with Crippen molar-refractivity contribution in [3.8, 4) is 0 Å². The highest BCUT2D eigenvalue weighted by atomic mass is 16.3. The highest BCUT2D eigenvalue weighted by molar-refractivity contribution is 5.44. The molecule has 3 aliphatic carbocycles. The average Bonchev–Trinajstić information content (AvgIpc) is 2.57. The summed E-state index contributed by atoms with van der Waals surface area (Å²) in [6.07, 6.45) is 6.14. The van der Waals surface area contributed by atoms with Crippen LogP contribution in [-0.2, 0) is 0 Å². The van der Waals surface area contributed by atoms with E-state index in [0.29, 0.717) is 17.3 Å². The van der Waals surface area contributed by atoms with Gasteiger partial charge in [0, 0.05) is 6.42 Å². The molecule has 0 aliphatic heterocycles. The summed E-state index contributed by atoms with van der Waals surface area (Å²) in [5.41, 5.74) is 2.48. The lowest BCUT2D eigenvalue weighted by molar-refractivity contribution is 0.0250. The maximum absolute atomic E-state index is 10.4. The molecule has 0 bridgehead atoms. The molecule has 2 heteroatoms. The molecular formula is C15H22O2. The molecule has 2 radical (unpaired) electrons. The second kappa shape index (κ2) is 3.36. The highest BCUT2D eigenvalue weighted by Gasteiger charge is 2.59. The number of aliphatic hydroxyl groups excluding tert-OH is 2. The fraction of sp³-hybridized carbons (Fsp3) is 0.800.